The fourth-order valence-corrected chi connectivity index (χ4v) is 3.07. The number of Topliss-reactive ketones (excluding diaryl/α,β-unsaturated/α-hetero) is 1. The Morgan fingerprint density at radius 2 is 1.88 bits per heavy atom. The normalized spacial score (nSPS) is 16.3. The maximum Gasteiger partial charge on any atom is 0.303 e. The van der Waals surface area contributed by atoms with E-state index in [0.29, 0.717) is 12.8 Å². The van der Waals surface area contributed by atoms with Crippen LogP contribution < -0.4 is 0 Å². The molecule has 0 aromatic heterocycles. The van der Waals surface area contributed by atoms with Crippen LogP contribution >= 0.6 is 0 Å². The standard InChI is InChI=1S/C20H32O4/c1-2-3-6-9-17(21)14-12-16-13-15-19(22)18(16)10-7-4-5-8-11-20(23)24/h12,14,17,21H,2-11,13,15H2,1H3,(H,23,24)/t17-/m0/s1. The van der Waals surface area contributed by atoms with Crippen molar-refractivity contribution < 1.29 is 19.8 Å². The summed E-state index contributed by atoms with van der Waals surface area (Å²) in [6.45, 7) is 2.14. The third-order valence-electron chi connectivity index (χ3n) is 4.54. The molecule has 1 aliphatic carbocycles. The van der Waals surface area contributed by atoms with E-state index in [0.717, 1.165) is 68.9 Å². The Hall–Kier alpha value is -1.42. The molecule has 0 saturated carbocycles. The fourth-order valence-electron chi connectivity index (χ4n) is 3.07. The molecule has 4 heteroatoms. The number of aliphatic hydroxyl groups excluding tert-OH is 1. The number of carboxylic acids is 1. The molecule has 0 aliphatic heterocycles. The Morgan fingerprint density at radius 1 is 1.12 bits per heavy atom. The lowest BCUT2D eigenvalue weighted by Gasteiger charge is -2.06. The second kappa shape index (κ2) is 12.0. The highest BCUT2D eigenvalue weighted by Crippen LogP contribution is 2.28. The molecule has 136 valence electrons. The summed E-state index contributed by atoms with van der Waals surface area (Å²) in [5.41, 5.74) is 2.00. The molecule has 1 atom stereocenters. The van der Waals surface area contributed by atoms with Crippen molar-refractivity contribution in [3.63, 3.8) is 0 Å². The molecule has 4 nitrogen and oxygen atoms in total. The molecule has 0 saturated heterocycles. The summed E-state index contributed by atoms with van der Waals surface area (Å²) in [6, 6.07) is 0. The average molecular weight is 336 g/mol. The van der Waals surface area contributed by atoms with Gasteiger partial charge in [0.25, 0.3) is 0 Å². The van der Waals surface area contributed by atoms with Gasteiger partial charge in [-0.1, -0.05) is 51.2 Å². The van der Waals surface area contributed by atoms with E-state index in [9.17, 15) is 14.7 Å². The molecule has 0 aromatic carbocycles. The summed E-state index contributed by atoms with van der Waals surface area (Å²) in [6.07, 6.45) is 13.3. The number of carbonyl (C=O) groups is 2. The van der Waals surface area contributed by atoms with Crippen LogP contribution in [-0.2, 0) is 9.59 Å². The van der Waals surface area contributed by atoms with Gasteiger partial charge in [-0.2, -0.15) is 0 Å². The fraction of sp³-hybridized carbons (Fsp3) is 0.700. The molecular formula is C20H32O4. The van der Waals surface area contributed by atoms with E-state index in [1.165, 1.54) is 0 Å². The summed E-state index contributed by atoms with van der Waals surface area (Å²) in [4.78, 5) is 22.5. The second-order valence-electron chi connectivity index (χ2n) is 6.66. The van der Waals surface area contributed by atoms with E-state index in [-0.39, 0.29) is 12.2 Å². The van der Waals surface area contributed by atoms with Gasteiger partial charge in [-0.05, 0) is 43.3 Å². The number of unbranched alkanes of at least 4 members (excludes halogenated alkanes) is 5. The first-order valence-electron chi connectivity index (χ1n) is 9.37. The van der Waals surface area contributed by atoms with Crippen LogP contribution in [0.1, 0.15) is 84.0 Å². The maximum atomic E-state index is 12.0. The molecule has 0 spiro atoms. The van der Waals surface area contributed by atoms with Crippen LogP contribution in [0.25, 0.3) is 0 Å². The van der Waals surface area contributed by atoms with Crippen LogP contribution in [0.4, 0.5) is 0 Å². The minimum atomic E-state index is -0.742. The number of carbonyl (C=O) groups excluding carboxylic acids is 1. The Morgan fingerprint density at radius 3 is 2.58 bits per heavy atom. The first-order valence-corrected chi connectivity index (χ1v) is 9.37. The molecule has 24 heavy (non-hydrogen) atoms. The van der Waals surface area contributed by atoms with E-state index in [4.69, 9.17) is 5.11 Å². The summed E-state index contributed by atoms with van der Waals surface area (Å²) < 4.78 is 0. The zero-order valence-corrected chi connectivity index (χ0v) is 14.9. The van der Waals surface area contributed by atoms with Crippen molar-refractivity contribution in [2.24, 2.45) is 0 Å². The summed E-state index contributed by atoms with van der Waals surface area (Å²) >= 11 is 0. The molecule has 0 amide bonds. The molecule has 0 bridgehead atoms. The summed E-state index contributed by atoms with van der Waals surface area (Å²) in [5.74, 6) is -0.505. The van der Waals surface area contributed by atoms with Crippen molar-refractivity contribution >= 4 is 11.8 Å². The van der Waals surface area contributed by atoms with Crippen LogP contribution in [0, 0.1) is 0 Å². The topological polar surface area (TPSA) is 74.6 Å². The average Bonchev–Trinajstić information content (AvgIpc) is 2.89. The van der Waals surface area contributed by atoms with Gasteiger partial charge in [-0.15, -0.1) is 0 Å². The third kappa shape index (κ3) is 8.44. The SMILES string of the molecule is CCCCC[C@H](O)C=CC1=C(CCCCCCC(=O)O)C(=O)CC1. The highest BCUT2D eigenvalue weighted by Gasteiger charge is 2.20. The van der Waals surface area contributed by atoms with Crippen LogP contribution in [0.5, 0.6) is 0 Å². The van der Waals surface area contributed by atoms with E-state index in [1.807, 2.05) is 12.2 Å². The Balaban J connectivity index is 2.39. The first kappa shape index (κ1) is 20.6. The molecule has 0 fully saturated rings. The van der Waals surface area contributed by atoms with Crippen LogP contribution in [-0.4, -0.2) is 28.1 Å². The Kier molecular flexibility index (Phi) is 10.3. The van der Waals surface area contributed by atoms with E-state index < -0.39 is 12.1 Å². The number of rotatable bonds is 13. The quantitative estimate of drug-likeness (QED) is 0.483. The van der Waals surface area contributed by atoms with Crippen molar-refractivity contribution in [1.82, 2.24) is 0 Å². The zero-order chi connectivity index (χ0) is 17.8. The maximum absolute atomic E-state index is 12.0. The smallest absolute Gasteiger partial charge is 0.303 e. The lowest BCUT2D eigenvalue weighted by Crippen LogP contribution is -2.02. The molecule has 0 radical (unpaired) electrons. The van der Waals surface area contributed by atoms with E-state index in [1.54, 1.807) is 0 Å². The van der Waals surface area contributed by atoms with Gasteiger partial charge in [-0.3, -0.25) is 9.59 Å². The minimum absolute atomic E-state index is 0.228. The van der Waals surface area contributed by atoms with Crippen molar-refractivity contribution in [3.8, 4) is 0 Å². The number of aliphatic carboxylic acids is 1. The number of carboxylic acid groups (broad SMARTS) is 1. The van der Waals surface area contributed by atoms with Gasteiger partial charge in [0.2, 0.25) is 0 Å². The molecule has 1 rings (SSSR count). The Labute approximate surface area is 145 Å². The third-order valence-corrected chi connectivity index (χ3v) is 4.54. The van der Waals surface area contributed by atoms with Crippen molar-refractivity contribution in [2.75, 3.05) is 0 Å². The molecule has 2 N–H and O–H groups in total. The molecule has 1 aliphatic rings. The summed E-state index contributed by atoms with van der Waals surface area (Å²) in [7, 11) is 0. The van der Waals surface area contributed by atoms with Crippen molar-refractivity contribution in [3.05, 3.63) is 23.3 Å². The van der Waals surface area contributed by atoms with Gasteiger partial charge >= 0.3 is 5.97 Å². The summed E-state index contributed by atoms with van der Waals surface area (Å²) in [5, 5.41) is 18.6. The van der Waals surface area contributed by atoms with E-state index >= 15 is 0 Å². The van der Waals surface area contributed by atoms with Crippen molar-refractivity contribution in [2.45, 2.75) is 90.1 Å². The number of hydrogen-bond donors (Lipinski definition) is 2. The number of allylic oxidation sites excluding steroid dienone is 3. The monoisotopic (exact) mass is 336 g/mol. The molecule has 0 unspecified atom stereocenters. The van der Waals surface area contributed by atoms with Crippen LogP contribution in [0.15, 0.2) is 23.3 Å². The van der Waals surface area contributed by atoms with Crippen molar-refractivity contribution in [1.29, 1.82) is 0 Å². The van der Waals surface area contributed by atoms with Crippen LogP contribution in [0.3, 0.4) is 0 Å². The molecule has 0 aromatic rings. The largest absolute Gasteiger partial charge is 0.481 e. The van der Waals surface area contributed by atoms with E-state index in [2.05, 4.69) is 6.92 Å². The minimum Gasteiger partial charge on any atom is -0.481 e. The van der Waals surface area contributed by atoms with Gasteiger partial charge in [0, 0.05) is 12.8 Å². The predicted octanol–water partition coefficient (Wildman–Crippen LogP) is 4.57. The van der Waals surface area contributed by atoms with Gasteiger partial charge in [-0.25, -0.2) is 0 Å². The zero-order valence-electron chi connectivity index (χ0n) is 14.9. The van der Waals surface area contributed by atoms with Gasteiger partial charge in [0.05, 0.1) is 6.10 Å². The van der Waals surface area contributed by atoms with Gasteiger partial charge < -0.3 is 10.2 Å². The van der Waals surface area contributed by atoms with Gasteiger partial charge in [0.1, 0.15) is 0 Å². The number of ketones is 1. The highest BCUT2D eigenvalue weighted by molar-refractivity contribution is 5.99. The predicted molar refractivity (Wildman–Crippen MR) is 95.9 cm³/mol. The molecular weight excluding hydrogens is 304 g/mol. The molecule has 0 heterocycles. The number of hydrogen-bond acceptors (Lipinski definition) is 3. The Bertz CT molecular complexity index is 462. The lowest BCUT2D eigenvalue weighted by molar-refractivity contribution is -0.137. The van der Waals surface area contributed by atoms with Gasteiger partial charge in [0.15, 0.2) is 5.78 Å². The lowest BCUT2D eigenvalue weighted by atomic mass is 10.0. The number of aliphatic hydroxyl groups is 1. The second-order valence-corrected chi connectivity index (χ2v) is 6.66. The highest BCUT2D eigenvalue weighted by atomic mass is 16.4. The van der Waals surface area contributed by atoms with Crippen LogP contribution in [0.2, 0.25) is 0 Å². The first-order chi connectivity index (χ1) is 11.5.